The lowest BCUT2D eigenvalue weighted by Gasteiger charge is -2.34. The van der Waals surface area contributed by atoms with Crippen molar-refractivity contribution in [2.24, 2.45) is 0 Å². The fraction of sp³-hybridized carbons (Fsp3) is 0.0615. The number of nitrogens with zero attached hydrogens (tertiary/aromatic N) is 4. The second kappa shape index (κ2) is 32.2. The Hall–Kier alpha value is -16.7. The maximum absolute atomic E-state index is 5.28. The topological polar surface area (TPSA) is 32.3 Å². The number of pyridine rings is 2. The number of anilines is 5. The summed E-state index contributed by atoms with van der Waals surface area (Å²) in [6.07, 6.45) is 7.96. The molecule has 2 heterocycles. The Balaban J connectivity index is 0.000000107. The molecule has 3 aliphatic carbocycles. The van der Waals surface area contributed by atoms with E-state index in [4.69, 9.17) is 9.97 Å². The molecule has 2 aromatic heterocycles. The third kappa shape index (κ3) is 13.5. The third-order valence-corrected chi connectivity index (χ3v) is 29.0. The molecule has 1 unspecified atom stereocenters. The molecule has 632 valence electrons. The van der Waals surface area contributed by atoms with Gasteiger partial charge in [-0.1, -0.05) is 422 Å². The quantitative estimate of drug-likeness (QED) is 0.114. The molecule has 0 bridgehead atoms. The number of allylic oxidation sites excluding steroid dienone is 2. The van der Waals surface area contributed by atoms with Gasteiger partial charge in [0, 0.05) is 66.3 Å². The van der Waals surface area contributed by atoms with Gasteiger partial charge in [-0.3, -0.25) is 0 Å². The highest BCUT2D eigenvalue weighted by molar-refractivity contribution is 6.27. The van der Waals surface area contributed by atoms with E-state index in [1.165, 1.54) is 192 Å². The van der Waals surface area contributed by atoms with Crippen LogP contribution in [-0.4, -0.2) is 16.0 Å². The van der Waals surface area contributed by atoms with E-state index in [2.05, 4.69) is 505 Å². The maximum atomic E-state index is 5.28. The van der Waals surface area contributed by atoms with E-state index in [0.29, 0.717) is 0 Å². The fourth-order valence-corrected chi connectivity index (χ4v) is 22.2. The Kier molecular flexibility index (Phi) is 19.1. The predicted molar refractivity (Wildman–Crippen MR) is 570 cm³/mol. The van der Waals surface area contributed by atoms with Gasteiger partial charge in [0.05, 0.1) is 34.2 Å². The first-order valence-corrected chi connectivity index (χ1v) is 46.8. The maximum Gasteiger partial charge on any atom is 0.0972 e. The summed E-state index contributed by atoms with van der Waals surface area (Å²) >= 11 is 0. The van der Waals surface area contributed by atoms with Crippen molar-refractivity contribution in [3.8, 4) is 78.1 Å². The summed E-state index contributed by atoms with van der Waals surface area (Å²) in [7, 11) is 0. The van der Waals surface area contributed by atoms with Crippen molar-refractivity contribution in [3.05, 3.63) is 495 Å². The van der Waals surface area contributed by atoms with Crippen molar-refractivity contribution < 1.29 is 0 Å². The van der Waals surface area contributed by atoms with Crippen LogP contribution in [0.4, 0.5) is 28.4 Å². The first kappa shape index (κ1) is 79.5. The van der Waals surface area contributed by atoms with E-state index in [1.807, 2.05) is 0 Å². The Morgan fingerprint density at radius 1 is 0.239 bits per heavy atom. The van der Waals surface area contributed by atoms with Gasteiger partial charge in [0.1, 0.15) is 0 Å². The number of aromatic nitrogens is 2. The van der Waals surface area contributed by atoms with E-state index in [-0.39, 0.29) is 16.9 Å². The van der Waals surface area contributed by atoms with E-state index in [9.17, 15) is 0 Å². The molecule has 0 radical (unpaired) electrons. The standard InChI is InChI=1S/C44H34N2.C44H26.C42H32N2/c1-3-17-37(18-4-1)45(43-23-11-15-35-13-7-9-21-41(35)43)39-29-25-33(26-30-39)34-27-31-40(32-28-34)46(38-19-5-2-6-20-38)44-24-12-16-36-14-8-10-22-42(36)44;1-3-31-15-17-35-19-23-37(39-25-21-33(5-1)41(31)43(35)39)29-11-7-27(8-12-29)28-9-13-30(14-10-28)38-24-20-36-18-16-32-4-2-6-34-22-26-40(38)44(36)42(32)34;1-41(2)33-11-7-5-9-29(33)31-19-15-27(23-35(31)41)37-21-17-25-13-14-26-18-22-38(44-40(26)39(25)43-37)28-16-20-32-30-10-6-8-12-34(30)42(3,4)36(32)24-28/h1-31,40H,32H2;1-26H;5-24H,1-4H3. The summed E-state index contributed by atoms with van der Waals surface area (Å²) in [6, 6.07) is 164. The molecule has 0 aliphatic heterocycles. The molecule has 22 aromatic carbocycles. The molecule has 0 N–H and O–H groups in total. The second-order valence-electron chi connectivity index (χ2n) is 37.3. The highest BCUT2D eigenvalue weighted by atomic mass is 15.2. The molecule has 0 amide bonds. The van der Waals surface area contributed by atoms with Crippen molar-refractivity contribution in [2.75, 3.05) is 9.80 Å². The van der Waals surface area contributed by atoms with Crippen molar-refractivity contribution in [3.63, 3.8) is 0 Å². The van der Waals surface area contributed by atoms with Crippen LogP contribution in [0.2, 0.25) is 0 Å². The van der Waals surface area contributed by atoms with Crippen LogP contribution >= 0.6 is 0 Å². The minimum absolute atomic E-state index is 0.0479. The van der Waals surface area contributed by atoms with Gasteiger partial charge < -0.3 is 9.80 Å². The number of rotatable bonds is 12. The third-order valence-electron chi connectivity index (χ3n) is 29.0. The summed E-state index contributed by atoms with van der Waals surface area (Å²) in [4.78, 5) is 15.4. The number of fused-ring (bicyclic) bond motifs is 11. The second-order valence-corrected chi connectivity index (χ2v) is 37.3. The van der Waals surface area contributed by atoms with E-state index in [0.717, 1.165) is 62.1 Å². The zero-order valence-corrected chi connectivity index (χ0v) is 75.0. The van der Waals surface area contributed by atoms with Crippen LogP contribution in [0.15, 0.2) is 467 Å². The van der Waals surface area contributed by atoms with E-state index in [1.54, 1.807) is 0 Å². The average molecular weight is 1710 g/mol. The van der Waals surface area contributed by atoms with Crippen LogP contribution in [0.5, 0.6) is 0 Å². The molecule has 4 heteroatoms. The van der Waals surface area contributed by atoms with Gasteiger partial charge in [-0.25, -0.2) is 9.97 Å². The Morgan fingerprint density at radius 3 is 1.08 bits per heavy atom. The first-order chi connectivity index (χ1) is 65.9. The lowest BCUT2D eigenvalue weighted by Crippen LogP contribution is -2.30. The van der Waals surface area contributed by atoms with Gasteiger partial charge in [-0.05, 0) is 244 Å². The van der Waals surface area contributed by atoms with Crippen LogP contribution in [-0.2, 0) is 10.8 Å². The summed E-state index contributed by atoms with van der Waals surface area (Å²) in [5.41, 5.74) is 32.7. The Bertz CT molecular complexity index is 8430. The molecule has 27 rings (SSSR count). The summed E-state index contributed by atoms with van der Waals surface area (Å²) < 4.78 is 0. The van der Waals surface area contributed by atoms with Crippen LogP contribution < -0.4 is 9.80 Å². The lowest BCUT2D eigenvalue weighted by molar-refractivity contribution is 0.660. The van der Waals surface area contributed by atoms with Crippen LogP contribution in [0.25, 0.3) is 192 Å². The van der Waals surface area contributed by atoms with Crippen LogP contribution in [0.1, 0.15) is 61.9 Å². The zero-order chi connectivity index (χ0) is 89.3. The molecule has 0 saturated heterocycles. The normalized spacial score (nSPS) is 13.9. The molecule has 134 heavy (non-hydrogen) atoms. The molecule has 4 nitrogen and oxygen atoms in total. The summed E-state index contributed by atoms with van der Waals surface area (Å²) in [5.74, 6) is 0. The molecular weight excluding hydrogens is 1620 g/mol. The van der Waals surface area contributed by atoms with Crippen LogP contribution in [0.3, 0.4) is 0 Å². The number of benzene rings is 22. The first-order valence-electron chi connectivity index (χ1n) is 46.8. The lowest BCUT2D eigenvalue weighted by atomic mass is 9.82. The highest BCUT2D eigenvalue weighted by Gasteiger charge is 2.37. The van der Waals surface area contributed by atoms with E-state index < -0.39 is 0 Å². The van der Waals surface area contributed by atoms with Gasteiger partial charge in [-0.2, -0.15) is 0 Å². The minimum Gasteiger partial charge on any atom is -0.334 e. The predicted octanol–water partition coefficient (Wildman–Crippen LogP) is 35.2. The van der Waals surface area contributed by atoms with Gasteiger partial charge in [0.2, 0.25) is 0 Å². The molecule has 0 fully saturated rings. The zero-order valence-electron chi connectivity index (χ0n) is 75.0. The van der Waals surface area contributed by atoms with Crippen LogP contribution in [0, 0.1) is 0 Å². The number of para-hydroxylation sites is 2. The SMILES string of the molecule is C1=CC(N(c2ccccc2)c2cccc3ccccc23)CC=C1c1ccc(N(c2ccccc2)c2cccc3ccccc23)cc1.CC1(C)c2ccccc2-c2ccc(-c3ccc4ccc5ccc(-c6ccc7c(c6)C(C)(C)c6ccccc6-7)nc5c4n3)cc21.c1cc2ccc3ccc(-c4ccc(-c5ccc(-c6ccc7ccc8cccc9ccc6c7c89)cc5)cc4)c4ccc(c1)c2c34. The molecule has 0 saturated carbocycles. The smallest absolute Gasteiger partial charge is 0.0972 e. The summed E-state index contributed by atoms with van der Waals surface area (Å²) in [5, 5.41) is 23.1. The van der Waals surface area contributed by atoms with Crippen molar-refractivity contribution in [1.82, 2.24) is 9.97 Å². The molecule has 0 spiro atoms. The monoisotopic (exact) mass is 1710 g/mol. The fourth-order valence-electron chi connectivity index (χ4n) is 22.2. The molecule has 3 aliphatic rings. The number of hydrogen-bond acceptors (Lipinski definition) is 4. The van der Waals surface area contributed by atoms with Gasteiger partial charge in [-0.15, -0.1) is 0 Å². The van der Waals surface area contributed by atoms with Gasteiger partial charge in [0.15, 0.2) is 0 Å². The van der Waals surface area contributed by atoms with Crippen molar-refractivity contribution in [1.29, 1.82) is 0 Å². The van der Waals surface area contributed by atoms with Gasteiger partial charge >= 0.3 is 0 Å². The molecule has 24 aromatic rings. The van der Waals surface area contributed by atoms with Crippen molar-refractivity contribution in [2.45, 2.75) is 51.0 Å². The highest BCUT2D eigenvalue weighted by Crippen LogP contribution is 2.53. The number of hydrogen-bond donors (Lipinski definition) is 0. The Labute approximate surface area is 780 Å². The average Bonchev–Trinajstić information content (AvgIpc) is 1.31. The summed E-state index contributed by atoms with van der Waals surface area (Å²) in [6.45, 7) is 9.31. The van der Waals surface area contributed by atoms with Gasteiger partial charge in [0.25, 0.3) is 0 Å². The van der Waals surface area contributed by atoms with Crippen molar-refractivity contribution >= 4 is 142 Å². The van der Waals surface area contributed by atoms with E-state index >= 15 is 0 Å². The molecule has 1 atom stereocenters. The largest absolute Gasteiger partial charge is 0.334 e. The molecular formula is C130H92N4. The Morgan fingerprint density at radius 2 is 0.590 bits per heavy atom. The minimum atomic E-state index is -0.0479.